The van der Waals surface area contributed by atoms with Gasteiger partial charge in [-0.05, 0) is 56.3 Å². The molecule has 0 radical (unpaired) electrons. The van der Waals surface area contributed by atoms with Crippen LogP contribution < -0.4 is 5.32 Å². The van der Waals surface area contributed by atoms with E-state index in [2.05, 4.69) is 5.32 Å². The quantitative estimate of drug-likeness (QED) is 0.790. The van der Waals surface area contributed by atoms with Crippen molar-refractivity contribution in [3.05, 3.63) is 35.4 Å². The summed E-state index contributed by atoms with van der Waals surface area (Å²) in [6, 6.07) is 3.83. The van der Waals surface area contributed by atoms with Gasteiger partial charge in [-0.15, -0.1) is 0 Å². The standard InChI is InChI=1S/C16H23F2NO/c1-3-19-15(16(20-4-2)12-5-6-12)9-11-7-13(17)10-14(18)8-11/h7-8,10,12,15-16,19H,3-6,9H2,1-2H3. The first-order valence-corrected chi connectivity index (χ1v) is 7.44. The second-order valence-electron chi connectivity index (χ2n) is 5.40. The van der Waals surface area contributed by atoms with Crippen molar-refractivity contribution in [2.24, 2.45) is 5.92 Å². The van der Waals surface area contributed by atoms with E-state index in [0.29, 0.717) is 24.5 Å². The third kappa shape index (κ3) is 4.25. The normalized spacial score (nSPS) is 18.0. The van der Waals surface area contributed by atoms with E-state index < -0.39 is 11.6 Å². The van der Waals surface area contributed by atoms with Gasteiger partial charge in [-0.25, -0.2) is 8.78 Å². The number of nitrogens with one attached hydrogen (secondary N) is 1. The monoisotopic (exact) mass is 283 g/mol. The van der Waals surface area contributed by atoms with Crippen molar-refractivity contribution in [3.63, 3.8) is 0 Å². The minimum absolute atomic E-state index is 0.105. The number of benzene rings is 1. The van der Waals surface area contributed by atoms with E-state index >= 15 is 0 Å². The molecule has 0 amide bonds. The van der Waals surface area contributed by atoms with E-state index in [4.69, 9.17) is 4.74 Å². The number of rotatable bonds is 8. The maximum Gasteiger partial charge on any atom is 0.126 e. The lowest BCUT2D eigenvalue weighted by Crippen LogP contribution is -2.44. The maximum atomic E-state index is 13.3. The molecule has 0 spiro atoms. The van der Waals surface area contributed by atoms with Gasteiger partial charge in [0.1, 0.15) is 11.6 Å². The molecule has 1 aromatic rings. The highest BCUT2D eigenvalue weighted by Gasteiger charge is 2.36. The summed E-state index contributed by atoms with van der Waals surface area (Å²) >= 11 is 0. The molecule has 4 heteroatoms. The van der Waals surface area contributed by atoms with Crippen LogP contribution in [0.2, 0.25) is 0 Å². The molecular formula is C16H23F2NO. The summed E-state index contributed by atoms with van der Waals surface area (Å²) in [5.74, 6) is -0.457. The summed E-state index contributed by atoms with van der Waals surface area (Å²) in [6.45, 7) is 5.51. The first-order chi connectivity index (χ1) is 9.63. The van der Waals surface area contributed by atoms with Crippen LogP contribution in [0.5, 0.6) is 0 Å². The van der Waals surface area contributed by atoms with E-state index in [1.165, 1.54) is 25.0 Å². The minimum Gasteiger partial charge on any atom is -0.377 e. The largest absolute Gasteiger partial charge is 0.377 e. The van der Waals surface area contributed by atoms with Crippen molar-refractivity contribution >= 4 is 0 Å². The zero-order valence-corrected chi connectivity index (χ0v) is 12.2. The molecule has 0 saturated heterocycles. The van der Waals surface area contributed by atoms with Crippen molar-refractivity contribution in [2.45, 2.75) is 45.3 Å². The zero-order chi connectivity index (χ0) is 14.5. The van der Waals surface area contributed by atoms with E-state index in [9.17, 15) is 8.78 Å². The van der Waals surface area contributed by atoms with Crippen molar-refractivity contribution in [3.8, 4) is 0 Å². The fourth-order valence-electron chi connectivity index (χ4n) is 2.75. The van der Waals surface area contributed by atoms with E-state index in [0.717, 1.165) is 12.6 Å². The Morgan fingerprint density at radius 1 is 1.20 bits per heavy atom. The summed E-state index contributed by atoms with van der Waals surface area (Å²) in [5, 5.41) is 3.41. The van der Waals surface area contributed by atoms with Crippen LogP contribution in [0, 0.1) is 17.6 Å². The average Bonchev–Trinajstić information content (AvgIpc) is 3.18. The summed E-state index contributed by atoms with van der Waals surface area (Å²) in [5.41, 5.74) is 0.679. The summed E-state index contributed by atoms with van der Waals surface area (Å²) in [6.07, 6.45) is 3.09. The molecule has 0 bridgehead atoms. The Labute approximate surface area is 119 Å². The van der Waals surface area contributed by atoms with Gasteiger partial charge in [0.05, 0.1) is 6.10 Å². The number of likely N-dealkylation sites (N-methyl/N-ethyl adjacent to an activating group) is 1. The van der Waals surface area contributed by atoms with Gasteiger partial charge in [0, 0.05) is 18.7 Å². The highest BCUT2D eigenvalue weighted by Crippen LogP contribution is 2.36. The molecule has 20 heavy (non-hydrogen) atoms. The number of hydrogen-bond acceptors (Lipinski definition) is 2. The Morgan fingerprint density at radius 2 is 1.85 bits per heavy atom. The number of hydrogen-bond donors (Lipinski definition) is 1. The smallest absolute Gasteiger partial charge is 0.126 e. The van der Waals surface area contributed by atoms with Crippen LogP contribution in [-0.2, 0) is 11.2 Å². The molecule has 1 N–H and O–H groups in total. The Kier molecular flexibility index (Phi) is 5.49. The Bertz CT molecular complexity index is 414. The van der Waals surface area contributed by atoms with Crippen LogP contribution in [0.1, 0.15) is 32.3 Å². The van der Waals surface area contributed by atoms with E-state index in [1.54, 1.807) is 0 Å². The molecule has 1 aliphatic carbocycles. The van der Waals surface area contributed by atoms with Crippen molar-refractivity contribution in [1.29, 1.82) is 0 Å². The molecule has 2 unspecified atom stereocenters. The first-order valence-electron chi connectivity index (χ1n) is 7.44. The molecule has 0 aromatic heterocycles. The van der Waals surface area contributed by atoms with Crippen LogP contribution in [0.4, 0.5) is 8.78 Å². The van der Waals surface area contributed by atoms with Gasteiger partial charge in [-0.3, -0.25) is 0 Å². The zero-order valence-electron chi connectivity index (χ0n) is 12.2. The second kappa shape index (κ2) is 7.14. The van der Waals surface area contributed by atoms with Crippen LogP contribution >= 0.6 is 0 Å². The van der Waals surface area contributed by atoms with Crippen LogP contribution in [-0.4, -0.2) is 25.3 Å². The molecule has 1 aromatic carbocycles. The molecule has 112 valence electrons. The van der Waals surface area contributed by atoms with Gasteiger partial charge in [-0.1, -0.05) is 6.92 Å². The third-order valence-electron chi connectivity index (χ3n) is 3.69. The number of ether oxygens (including phenoxy) is 1. The molecule has 0 heterocycles. The van der Waals surface area contributed by atoms with Gasteiger partial charge < -0.3 is 10.1 Å². The predicted octanol–water partition coefficient (Wildman–Crippen LogP) is 3.30. The minimum atomic E-state index is -0.519. The van der Waals surface area contributed by atoms with Crippen molar-refractivity contribution in [2.75, 3.05) is 13.2 Å². The molecule has 1 aliphatic rings. The lowest BCUT2D eigenvalue weighted by atomic mass is 9.98. The molecule has 2 nitrogen and oxygen atoms in total. The van der Waals surface area contributed by atoms with Gasteiger partial charge in [-0.2, -0.15) is 0 Å². The van der Waals surface area contributed by atoms with Crippen LogP contribution in [0.3, 0.4) is 0 Å². The molecule has 2 atom stereocenters. The highest BCUT2D eigenvalue weighted by atomic mass is 19.1. The van der Waals surface area contributed by atoms with E-state index in [1.807, 2.05) is 13.8 Å². The first kappa shape index (κ1) is 15.4. The molecule has 1 saturated carbocycles. The average molecular weight is 283 g/mol. The topological polar surface area (TPSA) is 21.3 Å². The summed E-state index contributed by atoms with van der Waals surface area (Å²) in [4.78, 5) is 0. The van der Waals surface area contributed by atoms with Crippen LogP contribution in [0.25, 0.3) is 0 Å². The lowest BCUT2D eigenvalue weighted by Gasteiger charge is -2.28. The summed E-state index contributed by atoms with van der Waals surface area (Å²) in [7, 11) is 0. The highest BCUT2D eigenvalue weighted by molar-refractivity contribution is 5.19. The predicted molar refractivity (Wildman–Crippen MR) is 75.7 cm³/mol. The molecular weight excluding hydrogens is 260 g/mol. The lowest BCUT2D eigenvalue weighted by molar-refractivity contribution is 0.0196. The van der Waals surface area contributed by atoms with Gasteiger partial charge in [0.2, 0.25) is 0 Å². The SMILES string of the molecule is CCNC(Cc1cc(F)cc(F)c1)C(OCC)C1CC1. The Balaban J connectivity index is 2.10. The molecule has 2 rings (SSSR count). The van der Waals surface area contributed by atoms with Gasteiger partial charge in [0.15, 0.2) is 0 Å². The summed E-state index contributed by atoms with van der Waals surface area (Å²) < 4.78 is 32.4. The van der Waals surface area contributed by atoms with Crippen molar-refractivity contribution in [1.82, 2.24) is 5.32 Å². The maximum absolute atomic E-state index is 13.3. The fraction of sp³-hybridized carbons (Fsp3) is 0.625. The molecule has 1 fully saturated rings. The van der Waals surface area contributed by atoms with E-state index in [-0.39, 0.29) is 12.1 Å². The Morgan fingerprint density at radius 3 is 2.35 bits per heavy atom. The Hall–Kier alpha value is -1.00. The van der Waals surface area contributed by atoms with Gasteiger partial charge in [0.25, 0.3) is 0 Å². The van der Waals surface area contributed by atoms with Gasteiger partial charge >= 0.3 is 0 Å². The third-order valence-corrected chi connectivity index (χ3v) is 3.69. The second-order valence-corrected chi connectivity index (χ2v) is 5.40. The van der Waals surface area contributed by atoms with Crippen LogP contribution in [0.15, 0.2) is 18.2 Å². The van der Waals surface area contributed by atoms with Crippen molar-refractivity contribution < 1.29 is 13.5 Å². The molecule has 0 aliphatic heterocycles. The number of halogens is 2. The fourth-order valence-corrected chi connectivity index (χ4v) is 2.75.